The van der Waals surface area contributed by atoms with Crippen LogP contribution in [0.1, 0.15) is 11.5 Å². The van der Waals surface area contributed by atoms with Gasteiger partial charge in [0.1, 0.15) is 11.5 Å². The Morgan fingerprint density at radius 2 is 2.07 bits per heavy atom. The van der Waals surface area contributed by atoms with Gasteiger partial charge in [0.05, 0.1) is 6.54 Å². The quantitative estimate of drug-likeness (QED) is 0.577. The van der Waals surface area contributed by atoms with Crippen molar-refractivity contribution in [3.05, 3.63) is 23.7 Å². The Morgan fingerprint density at radius 3 is 2.71 bits per heavy atom. The van der Waals surface area contributed by atoms with Crippen LogP contribution in [0.5, 0.6) is 0 Å². The minimum atomic E-state index is 0.871. The average molecular weight is 214 g/mol. The van der Waals surface area contributed by atoms with E-state index < -0.39 is 0 Å². The average Bonchev–Trinajstić information content (AvgIpc) is 2.52. The van der Waals surface area contributed by atoms with Crippen LogP contribution in [-0.4, -0.2) is 31.8 Å². The molecule has 1 N–H and O–H groups in total. The molecule has 0 aliphatic rings. The van der Waals surface area contributed by atoms with Gasteiger partial charge in [0.15, 0.2) is 0 Å². The molecule has 3 nitrogen and oxygen atoms in total. The van der Waals surface area contributed by atoms with Crippen LogP contribution >= 0.6 is 11.9 Å². The first-order chi connectivity index (χ1) is 6.72. The van der Waals surface area contributed by atoms with Gasteiger partial charge in [-0.05, 0) is 32.5 Å². The zero-order chi connectivity index (χ0) is 10.4. The number of nitrogens with zero attached hydrogens (tertiary/aromatic N) is 1. The summed E-state index contributed by atoms with van der Waals surface area (Å²) in [6.07, 6.45) is 2.98. The van der Waals surface area contributed by atoms with Crippen molar-refractivity contribution in [3.8, 4) is 0 Å². The highest BCUT2D eigenvalue weighted by Crippen LogP contribution is 2.09. The van der Waals surface area contributed by atoms with Crippen LogP contribution in [0.2, 0.25) is 0 Å². The Labute approximate surface area is 90.0 Å². The third-order valence-electron chi connectivity index (χ3n) is 1.81. The van der Waals surface area contributed by atoms with Crippen LogP contribution in [0.15, 0.2) is 16.5 Å². The maximum Gasteiger partial charge on any atom is 0.118 e. The molecule has 1 heterocycles. The molecule has 0 aliphatic carbocycles. The second-order valence-electron chi connectivity index (χ2n) is 3.45. The molecule has 0 saturated heterocycles. The molecule has 0 fully saturated rings. The molecule has 0 spiro atoms. The van der Waals surface area contributed by atoms with E-state index >= 15 is 0 Å². The Bertz CT molecular complexity index is 260. The van der Waals surface area contributed by atoms with E-state index in [-0.39, 0.29) is 0 Å². The van der Waals surface area contributed by atoms with Gasteiger partial charge in [-0.25, -0.2) is 0 Å². The highest BCUT2D eigenvalue weighted by atomic mass is 32.2. The van der Waals surface area contributed by atoms with E-state index in [0.29, 0.717) is 0 Å². The molecule has 0 unspecified atom stereocenters. The number of hydrogen-bond acceptors (Lipinski definition) is 4. The first kappa shape index (κ1) is 11.6. The standard InChI is InChI=1S/C10H18N2OS/c1-12(2)8-10-5-4-9(13-10)6-7-11-14-3/h4-5,11H,6-8H2,1-3H3. The summed E-state index contributed by atoms with van der Waals surface area (Å²) in [7, 11) is 4.08. The molecule has 1 aromatic rings. The topological polar surface area (TPSA) is 28.4 Å². The molecule has 80 valence electrons. The van der Waals surface area contributed by atoms with Gasteiger partial charge in [0.25, 0.3) is 0 Å². The van der Waals surface area contributed by atoms with Crippen molar-refractivity contribution in [2.75, 3.05) is 26.9 Å². The number of hydrogen-bond donors (Lipinski definition) is 1. The smallest absolute Gasteiger partial charge is 0.118 e. The van der Waals surface area contributed by atoms with Gasteiger partial charge in [-0.1, -0.05) is 11.9 Å². The first-order valence-corrected chi connectivity index (χ1v) is 5.93. The maximum absolute atomic E-state index is 5.65. The molecule has 0 radical (unpaired) electrons. The predicted octanol–water partition coefficient (Wildman–Crippen LogP) is 1.75. The maximum atomic E-state index is 5.65. The van der Waals surface area contributed by atoms with Crippen LogP contribution in [0.3, 0.4) is 0 Å². The summed E-state index contributed by atoms with van der Waals surface area (Å²) in [4.78, 5) is 2.10. The molecule has 0 amide bonds. The molecule has 1 rings (SSSR count). The van der Waals surface area contributed by atoms with E-state index in [1.807, 2.05) is 20.4 Å². The normalized spacial score (nSPS) is 11.1. The number of nitrogens with one attached hydrogen (secondary N) is 1. The van der Waals surface area contributed by atoms with Crippen LogP contribution < -0.4 is 4.72 Å². The molecule has 4 heteroatoms. The highest BCUT2D eigenvalue weighted by molar-refractivity contribution is 7.96. The van der Waals surface area contributed by atoms with Gasteiger partial charge >= 0.3 is 0 Å². The monoisotopic (exact) mass is 214 g/mol. The largest absolute Gasteiger partial charge is 0.465 e. The van der Waals surface area contributed by atoms with Gasteiger partial charge in [-0.2, -0.15) is 0 Å². The zero-order valence-corrected chi connectivity index (χ0v) is 9.86. The van der Waals surface area contributed by atoms with Crippen molar-refractivity contribution in [3.63, 3.8) is 0 Å². The summed E-state index contributed by atoms with van der Waals surface area (Å²) in [5, 5.41) is 0. The summed E-state index contributed by atoms with van der Waals surface area (Å²) >= 11 is 1.64. The van der Waals surface area contributed by atoms with Crippen molar-refractivity contribution in [2.24, 2.45) is 0 Å². The van der Waals surface area contributed by atoms with Gasteiger partial charge in [0.2, 0.25) is 0 Å². The summed E-state index contributed by atoms with van der Waals surface area (Å²) in [6.45, 7) is 1.83. The molecule has 0 atom stereocenters. The lowest BCUT2D eigenvalue weighted by Crippen LogP contribution is -2.10. The fraction of sp³-hybridized carbons (Fsp3) is 0.600. The minimum absolute atomic E-state index is 0.871. The van der Waals surface area contributed by atoms with Crippen LogP contribution in [0.4, 0.5) is 0 Å². The molecular formula is C10H18N2OS. The van der Waals surface area contributed by atoms with E-state index in [1.54, 1.807) is 11.9 Å². The van der Waals surface area contributed by atoms with E-state index in [0.717, 1.165) is 31.0 Å². The summed E-state index contributed by atoms with van der Waals surface area (Å²) in [6, 6.07) is 4.11. The molecule has 0 saturated carbocycles. The van der Waals surface area contributed by atoms with Gasteiger partial charge < -0.3 is 9.32 Å². The Morgan fingerprint density at radius 1 is 1.36 bits per heavy atom. The lowest BCUT2D eigenvalue weighted by atomic mass is 10.3. The first-order valence-electron chi connectivity index (χ1n) is 4.70. The third-order valence-corrected chi connectivity index (χ3v) is 2.30. The van der Waals surface area contributed by atoms with Gasteiger partial charge in [-0.15, -0.1) is 0 Å². The molecule has 0 aromatic carbocycles. The van der Waals surface area contributed by atoms with Crippen LogP contribution in [0.25, 0.3) is 0 Å². The van der Waals surface area contributed by atoms with E-state index in [9.17, 15) is 0 Å². The Hall–Kier alpha value is -0.450. The van der Waals surface area contributed by atoms with Crippen molar-refractivity contribution < 1.29 is 4.42 Å². The van der Waals surface area contributed by atoms with Crippen molar-refractivity contribution in [1.82, 2.24) is 9.62 Å². The summed E-state index contributed by atoms with van der Waals surface area (Å²) in [5.74, 6) is 2.09. The second kappa shape index (κ2) is 6.11. The van der Waals surface area contributed by atoms with Crippen molar-refractivity contribution in [1.29, 1.82) is 0 Å². The van der Waals surface area contributed by atoms with E-state index in [4.69, 9.17) is 4.42 Å². The SMILES string of the molecule is CSNCCc1ccc(CN(C)C)o1. The highest BCUT2D eigenvalue weighted by Gasteiger charge is 2.02. The molecule has 0 bridgehead atoms. The molecule has 14 heavy (non-hydrogen) atoms. The van der Waals surface area contributed by atoms with Gasteiger partial charge in [0, 0.05) is 13.0 Å². The van der Waals surface area contributed by atoms with E-state index in [2.05, 4.69) is 21.8 Å². The molecule has 1 aromatic heterocycles. The van der Waals surface area contributed by atoms with Crippen molar-refractivity contribution in [2.45, 2.75) is 13.0 Å². The Kier molecular flexibility index (Phi) is 5.07. The minimum Gasteiger partial charge on any atom is -0.465 e. The third kappa shape index (κ3) is 4.17. The van der Waals surface area contributed by atoms with Crippen molar-refractivity contribution >= 4 is 11.9 Å². The fourth-order valence-corrected chi connectivity index (χ4v) is 1.54. The Balaban J connectivity index is 2.35. The molecule has 0 aliphatic heterocycles. The lowest BCUT2D eigenvalue weighted by molar-refractivity contribution is 0.342. The number of furan rings is 1. The van der Waals surface area contributed by atoms with Gasteiger partial charge in [-0.3, -0.25) is 4.72 Å². The zero-order valence-electron chi connectivity index (χ0n) is 9.04. The molecular weight excluding hydrogens is 196 g/mol. The summed E-state index contributed by atoms with van der Waals surface area (Å²) < 4.78 is 8.84. The van der Waals surface area contributed by atoms with E-state index in [1.165, 1.54) is 0 Å². The van der Waals surface area contributed by atoms with Crippen LogP contribution in [0, 0.1) is 0 Å². The predicted molar refractivity (Wildman–Crippen MR) is 61.3 cm³/mol. The summed E-state index contributed by atoms with van der Waals surface area (Å²) in [5.41, 5.74) is 0. The second-order valence-corrected chi connectivity index (χ2v) is 4.15. The number of rotatable bonds is 6. The fourth-order valence-electron chi connectivity index (χ4n) is 1.23. The lowest BCUT2D eigenvalue weighted by Gasteiger charge is -2.05. The van der Waals surface area contributed by atoms with Crippen LogP contribution in [-0.2, 0) is 13.0 Å².